The Morgan fingerprint density at radius 3 is 2.65 bits per heavy atom. The second kappa shape index (κ2) is 6.11. The zero-order chi connectivity index (χ0) is 14.7. The second-order valence-electron chi connectivity index (χ2n) is 3.97. The highest BCUT2D eigenvalue weighted by atomic mass is 35.5. The molecule has 1 aromatic carbocycles. The highest BCUT2D eigenvalue weighted by Gasteiger charge is 2.17. The quantitative estimate of drug-likeness (QED) is 0.878. The summed E-state index contributed by atoms with van der Waals surface area (Å²) in [6.07, 6.45) is 1.40. The molecule has 0 fully saturated rings. The fraction of sp³-hybridized carbons (Fsp3) is 0.154. The van der Waals surface area contributed by atoms with Gasteiger partial charge in [-0.25, -0.2) is 0 Å². The normalized spacial score (nSPS) is 12.1. The zero-order valence-corrected chi connectivity index (χ0v) is 12.1. The van der Waals surface area contributed by atoms with Gasteiger partial charge in [-0.1, -0.05) is 29.8 Å². The van der Waals surface area contributed by atoms with Crippen LogP contribution in [-0.2, 0) is 4.79 Å². The Kier molecular flexibility index (Phi) is 4.46. The van der Waals surface area contributed by atoms with E-state index in [0.717, 1.165) is 11.8 Å². The SMILES string of the molecule is CC(Sc1cnn(-c2ccccc2)c(=O)c1Cl)C(=O)O. The molecular formula is C13H11ClN2O3S. The van der Waals surface area contributed by atoms with Gasteiger partial charge >= 0.3 is 5.97 Å². The number of aromatic nitrogens is 2. The van der Waals surface area contributed by atoms with Crippen molar-refractivity contribution in [1.82, 2.24) is 9.78 Å². The number of carboxylic acid groups (broad SMARTS) is 1. The highest BCUT2D eigenvalue weighted by molar-refractivity contribution is 8.00. The molecule has 0 saturated heterocycles. The minimum Gasteiger partial charge on any atom is -0.480 e. The van der Waals surface area contributed by atoms with Crippen LogP contribution in [-0.4, -0.2) is 26.1 Å². The summed E-state index contributed by atoms with van der Waals surface area (Å²) in [6, 6.07) is 8.86. The first-order chi connectivity index (χ1) is 9.50. The van der Waals surface area contributed by atoms with Gasteiger partial charge in [0.1, 0.15) is 10.3 Å². The first-order valence-electron chi connectivity index (χ1n) is 5.73. The lowest BCUT2D eigenvalue weighted by molar-refractivity contribution is -0.136. The number of halogens is 1. The van der Waals surface area contributed by atoms with Crippen LogP contribution in [0.1, 0.15) is 6.92 Å². The van der Waals surface area contributed by atoms with Gasteiger partial charge in [-0.3, -0.25) is 9.59 Å². The summed E-state index contributed by atoms with van der Waals surface area (Å²) in [6.45, 7) is 1.52. The molecular weight excluding hydrogens is 300 g/mol. The maximum atomic E-state index is 12.1. The van der Waals surface area contributed by atoms with Crippen LogP contribution in [0.15, 0.2) is 46.2 Å². The molecule has 1 aromatic heterocycles. The highest BCUT2D eigenvalue weighted by Crippen LogP contribution is 2.27. The fourth-order valence-electron chi connectivity index (χ4n) is 1.49. The minimum absolute atomic E-state index is 0.0260. The lowest BCUT2D eigenvalue weighted by atomic mass is 10.3. The summed E-state index contributed by atoms with van der Waals surface area (Å²) < 4.78 is 1.18. The van der Waals surface area contributed by atoms with Crippen molar-refractivity contribution in [2.45, 2.75) is 17.1 Å². The first-order valence-corrected chi connectivity index (χ1v) is 6.99. The van der Waals surface area contributed by atoms with E-state index in [-0.39, 0.29) is 5.02 Å². The Morgan fingerprint density at radius 2 is 2.05 bits per heavy atom. The zero-order valence-electron chi connectivity index (χ0n) is 10.5. The van der Waals surface area contributed by atoms with Crippen LogP contribution in [0.4, 0.5) is 0 Å². The molecule has 0 spiro atoms. The van der Waals surface area contributed by atoms with E-state index in [1.807, 2.05) is 6.07 Å². The molecule has 0 aliphatic carbocycles. The van der Waals surface area contributed by atoms with Gasteiger partial charge in [0, 0.05) is 0 Å². The van der Waals surface area contributed by atoms with Gasteiger partial charge in [0.05, 0.1) is 16.8 Å². The summed E-state index contributed by atoms with van der Waals surface area (Å²) in [4.78, 5) is 23.3. The Labute approximate surface area is 124 Å². The number of para-hydroxylation sites is 1. The predicted molar refractivity (Wildman–Crippen MR) is 77.8 cm³/mol. The van der Waals surface area contributed by atoms with Crippen LogP contribution in [0.5, 0.6) is 0 Å². The summed E-state index contributed by atoms with van der Waals surface area (Å²) in [5.74, 6) is -0.974. The Hall–Kier alpha value is -1.79. The lowest BCUT2D eigenvalue weighted by Gasteiger charge is -2.09. The average molecular weight is 311 g/mol. The molecule has 0 aliphatic rings. The summed E-state index contributed by atoms with van der Waals surface area (Å²) in [7, 11) is 0. The molecule has 5 nitrogen and oxygen atoms in total. The molecule has 20 heavy (non-hydrogen) atoms. The molecule has 0 saturated carbocycles. The van der Waals surface area contributed by atoms with Crippen LogP contribution in [0.3, 0.4) is 0 Å². The van der Waals surface area contributed by atoms with Crippen molar-refractivity contribution in [2.75, 3.05) is 0 Å². The topological polar surface area (TPSA) is 72.2 Å². The summed E-state index contributed by atoms with van der Waals surface area (Å²) >= 11 is 7.00. The van der Waals surface area contributed by atoms with E-state index in [0.29, 0.717) is 10.6 Å². The number of hydrogen-bond donors (Lipinski definition) is 1. The van der Waals surface area contributed by atoms with Crippen LogP contribution < -0.4 is 5.56 Å². The fourth-order valence-corrected chi connectivity index (χ4v) is 2.54. The predicted octanol–water partition coefficient (Wildman–Crippen LogP) is 2.45. The molecule has 0 amide bonds. The molecule has 2 aromatic rings. The van der Waals surface area contributed by atoms with Crippen LogP contribution in [0, 0.1) is 0 Å². The number of hydrogen-bond acceptors (Lipinski definition) is 4. The van der Waals surface area contributed by atoms with E-state index < -0.39 is 16.8 Å². The molecule has 1 heterocycles. The van der Waals surface area contributed by atoms with Crippen LogP contribution in [0.2, 0.25) is 5.02 Å². The van der Waals surface area contributed by atoms with E-state index in [9.17, 15) is 9.59 Å². The van der Waals surface area contributed by atoms with Gasteiger partial charge in [-0.05, 0) is 19.1 Å². The number of carboxylic acids is 1. The van der Waals surface area contributed by atoms with Gasteiger partial charge < -0.3 is 5.11 Å². The molecule has 7 heteroatoms. The van der Waals surface area contributed by atoms with Crippen molar-refractivity contribution in [3.05, 3.63) is 51.9 Å². The number of aliphatic carboxylic acids is 1. The van der Waals surface area contributed by atoms with Gasteiger partial charge in [-0.2, -0.15) is 9.78 Å². The van der Waals surface area contributed by atoms with Crippen molar-refractivity contribution < 1.29 is 9.90 Å². The van der Waals surface area contributed by atoms with Crippen molar-refractivity contribution in [3.63, 3.8) is 0 Å². The Bertz CT molecular complexity index is 688. The van der Waals surface area contributed by atoms with E-state index in [1.165, 1.54) is 17.8 Å². The molecule has 0 bridgehead atoms. The summed E-state index contributed by atoms with van der Waals surface area (Å²) in [5, 5.41) is 12.2. The molecule has 1 N–H and O–H groups in total. The Morgan fingerprint density at radius 1 is 1.40 bits per heavy atom. The average Bonchev–Trinajstić information content (AvgIpc) is 2.45. The molecule has 0 radical (unpaired) electrons. The van der Waals surface area contributed by atoms with E-state index in [1.54, 1.807) is 24.3 Å². The largest absolute Gasteiger partial charge is 0.480 e. The monoisotopic (exact) mass is 310 g/mol. The third-order valence-electron chi connectivity index (χ3n) is 2.54. The minimum atomic E-state index is -0.974. The number of nitrogens with zero attached hydrogens (tertiary/aromatic N) is 2. The second-order valence-corrected chi connectivity index (χ2v) is 5.73. The van der Waals surface area contributed by atoms with Gasteiger partial charge in [0.15, 0.2) is 0 Å². The molecule has 0 aliphatic heterocycles. The maximum absolute atomic E-state index is 12.1. The standard InChI is InChI=1S/C13H11ClN2O3S/c1-8(13(18)19)20-10-7-15-16(12(17)11(10)14)9-5-3-2-4-6-9/h2-8H,1H3,(H,18,19). The number of thioether (sulfide) groups is 1. The Balaban J connectivity index is 2.40. The van der Waals surface area contributed by atoms with Crippen molar-refractivity contribution >= 4 is 29.3 Å². The van der Waals surface area contributed by atoms with Crippen LogP contribution >= 0.6 is 23.4 Å². The number of rotatable bonds is 4. The number of carbonyl (C=O) groups is 1. The lowest BCUT2D eigenvalue weighted by Crippen LogP contribution is -2.22. The van der Waals surface area contributed by atoms with Crippen molar-refractivity contribution in [1.29, 1.82) is 0 Å². The van der Waals surface area contributed by atoms with Crippen LogP contribution in [0.25, 0.3) is 5.69 Å². The molecule has 1 unspecified atom stereocenters. The first kappa shape index (κ1) is 14.6. The van der Waals surface area contributed by atoms with E-state index in [2.05, 4.69) is 5.10 Å². The number of benzene rings is 1. The molecule has 2 rings (SSSR count). The van der Waals surface area contributed by atoms with E-state index >= 15 is 0 Å². The summed E-state index contributed by atoms with van der Waals surface area (Å²) in [5.41, 5.74) is 0.127. The molecule has 1 atom stereocenters. The smallest absolute Gasteiger partial charge is 0.316 e. The van der Waals surface area contributed by atoms with Gasteiger partial charge in [0.25, 0.3) is 5.56 Å². The maximum Gasteiger partial charge on any atom is 0.316 e. The van der Waals surface area contributed by atoms with E-state index in [4.69, 9.17) is 16.7 Å². The van der Waals surface area contributed by atoms with Gasteiger partial charge in [0.2, 0.25) is 0 Å². The van der Waals surface area contributed by atoms with Crippen molar-refractivity contribution in [3.8, 4) is 5.69 Å². The third kappa shape index (κ3) is 3.02. The van der Waals surface area contributed by atoms with Crippen molar-refractivity contribution in [2.24, 2.45) is 0 Å². The third-order valence-corrected chi connectivity index (χ3v) is 4.14. The molecule has 104 valence electrons. The van der Waals surface area contributed by atoms with Gasteiger partial charge in [-0.15, -0.1) is 11.8 Å².